The molecule has 1 amide bonds. The average Bonchev–Trinajstić information content (AvgIpc) is 2.93. The van der Waals surface area contributed by atoms with E-state index in [0.29, 0.717) is 30.2 Å². The smallest absolute Gasteiger partial charge is 0.256 e. The van der Waals surface area contributed by atoms with E-state index >= 15 is 0 Å². The number of imidazole rings is 1. The van der Waals surface area contributed by atoms with Crippen molar-refractivity contribution < 1.29 is 9.63 Å². The van der Waals surface area contributed by atoms with Crippen LogP contribution in [0.15, 0.2) is 34.7 Å². The first-order valence-electron chi connectivity index (χ1n) is 7.67. The molecule has 7 heteroatoms. The van der Waals surface area contributed by atoms with Crippen LogP contribution in [0.3, 0.4) is 0 Å². The molecule has 0 N–H and O–H groups in total. The standard InChI is InChI=1S/C17H19N5O2/c1-5-24-20-16(18-3)15-13-9-21(4)17(23)14-11(2)7-6-8-12(14)22(13)10-19-15/h6-8,10H,3,5,9H2,1-2,4H3/b20-16-. The third kappa shape index (κ3) is 2.47. The highest BCUT2D eigenvalue weighted by atomic mass is 16.6. The van der Waals surface area contributed by atoms with Gasteiger partial charge in [0.15, 0.2) is 0 Å². The topological polar surface area (TPSA) is 72.1 Å². The van der Waals surface area contributed by atoms with Gasteiger partial charge in [0.05, 0.1) is 23.5 Å². The Morgan fingerprint density at radius 1 is 1.46 bits per heavy atom. The molecule has 1 aliphatic heterocycles. The molecule has 0 bridgehead atoms. The number of amides is 1. The van der Waals surface area contributed by atoms with Gasteiger partial charge in [0.25, 0.3) is 5.91 Å². The van der Waals surface area contributed by atoms with E-state index in [-0.39, 0.29) is 5.91 Å². The average molecular weight is 325 g/mol. The Balaban J connectivity index is 2.22. The summed E-state index contributed by atoms with van der Waals surface area (Å²) in [7, 11) is 1.77. The van der Waals surface area contributed by atoms with Crippen LogP contribution in [-0.4, -0.2) is 46.6 Å². The van der Waals surface area contributed by atoms with Crippen molar-refractivity contribution in [2.45, 2.75) is 20.4 Å². The lowest BCUT2D eigenvalue weighted by atomic mass is 10.1. The van der Waals surface area contributed by atoms with Gasteiger partial charge in [-0.3, -0.25) is 9.36 Å². The minimum Gasteiger partial charge on any atom is -0.394 e. The van der Waals surface area contributed by atoms with Gasteiger partial charge in [-0.1, -0.05) is 17.3 Å². The normalized spacial score (nSPS) is 14.0. The zero-order chi connectivity index (χ0) is 17.3. The van der Waals surface area contributed by atoms with E-state index in [1.165, 1.54) is 0 Å². The number of carbonyl (C=O) groups is 1. The van der Waals surface area contributed by atoms with Crippen LogP contribution in [-0.2, 0) is 11.4 Å². The molecule has 2 aromatic rings. The summed E-state index contributed by atoms with van der Waals surface area (Å²) in [5.41, 5.74) is 3.79. The van der Waals surface area contributed by atoms with Crippen molar-refractivity contribution in [1.82, 2.24) is 14.5 Å². The lowest BCUT2D eigenvalue weighted by Gasteiger charge is -2.15. The number of fused-ring (bicyclic) bond motifs is 3. The molecule has 0 unspecified atom stereocenters. The largest absolute Gasteiger partial charge is 0.394 e. The van der Waals surface area contributed by atoms with Crippen LogP contribution in [0.1, 0.15) is 34.2 Å². The molecule has 2 heterocycles. The monoisotopic (exact) mass is 325 g/mol. The number of amidine groups is 1. The molecule has 0 saturated heterocycles. The summed E-state index contributed by atoms with van der Waals surface area (Å²) in [6.45, 7) is 8.13. The molecule has 1 aromatic heterocycles. The van der Waals surface area contributed by atoms with Crippen molar-refractivity contribution in [3.63, 3.8) is 0 Å². The number of nitrogens with zero attached hydrogens (tertiary/aromatic N) is 5. The van der Waals surface area contributed by atoms with Gasteiger partial charge in [-0.2, -0.15) is 0 Å². The molecule has 0 saturated carbocycles. The van der Waals surface area contributed by atoms with Gasteiger partial charge in [0.2, 0.25) is 5.84 Å². The molecule has 0 spiro atoms. The van der Waals surface area contributed by atoms with E-state index in [1.807, 2.05) is 36.6 Å². The van der Waals surface area contributed by atoms with Crippen molar-refractivity contribution in [3.8, 4) is 5.69 Å². The number of hydrogen-bond donors (Lipinski definition) is 0. The van der Waals surface area contributed by atoms with Gasteiger partial charge in [0, 0.05) is 7.05 Å². The van der Waals surface area contributed by atoms with Crippen LogP contribution in [0, 0.1) is 6.92 Å². The predicted molar refractivity (Wildman–Crippen MR) is 91.8 cm³/mol. The molecule has 7 nitrogen and oxygen atoms in total. The number of aliphatic imine (C=N–C) groups is 1. The van der Waals surface area contributed by atoms with E-state index in [0.717, 1.165) is 16.9 Å². The second-order valence-corrected chi connectivity index (χ2v) is 5.53. The van der Waals surface area contributed by atoms with Crippen molar-refractivity contribution >= 4 is 18.5 Å². The number of oxime groups is 1. The van der Waals surface area contributed by atoms with Crippen molar-refractivity contribution in [1.29, 1.82) is 0 Å². The number of aryl methyl sites for hydroxylation is 1. The summed E-state index contributed by atoms with van der Waals surface area (Å²) in [5.74, 6) is 0.287. The zero-order valence-electron chi connectivity index (χ0n) is 14.0. The van der Waals surface area contributed by atoms with E-state index in [1.54, 1.807) is 18.3 Å². The van der Waals surface area contributed by atoms with E-state index in [4.69, 9.17) is 4.84 Å². The first-order chi connectivity index (χ1) is 11.6. The maximum atomic E-state index is 12.7. The quantitative estimate of drug-likeness (QED) is 0.493. The van der Waals surface area contributed by atoms with Gasteiger partial charge in [-0.15, -0.1) is 0 Å². The highest BCUT2D eigenvalue weighted by Crippen LogP contribution is 2.28. The molecular formula is C17H19N5O2. The summed E-state index contributed by atoms with van der Waals surface area (Å²) in [6.07, 6.45) is 1.68. The molecule has 0 radical (unpaired) electrons. The third-order valence-electron chi connectivity index (χ3n) is 3.97. The highest BCUT2D eigenvalue weighted by molar-refractivity contribution is 6.02. The summed E-state index contributed by atoms with van der Waals surface area (Å²) >= 11 is 0. The molecular weight excluding hydrogens is 306 g/mol. The van der Waals surface area contributed by atoms with E-state index < -0.39 is 0 Å². The van der Waals surface area contributed by atoms with Crippen molar-refractivity contribution in [2.75, 3.05) is 13.7 Å². The molecule has 0 aliphatic carbocycles. The van der Waals surface area contributed by atoms with Crippen LogP contribution in [0.4, 0.5) is 0 Å². The number of hydrogen-bond acceptors (Lipinski definition) is 4. The van der Waals surface area contributed by atoms with Crippen molar-refractivity contribution in [3.05, 3.63) is 47.0 Å². The summed E-state index contributed by atoms with van der Waals surface area (Å²) in [4.78, 5) is 27.9. The summed E-state index contributed by atoms with van der Waals surface area (Å²) in [5, 5.41) is 3.97. The maximum absolute atomic E-state index is 12.7. The van der Waals surface area contributed by atoms with E-state index in [9.17, 15) is 4.79 Å². The minimum absolute atomic E-state index is 0.0207. The fraction of sp³-hybridized carbons (Fsp3) is 0.294. The molecule has 1 aliphatic rings. The molecule has 24 heavy (non-hydrogen) atoms. The van der Waals surface area contributed by atoms with Crippen LogP contribution in [0.5, 0.6) is 0 Å². The second-order valence-electron chi connectivity index (χ2n) is 5.53. The Hall–Kier alpha value is -2.96. The number of carbonyl (C=O) groups excluding carboxylic acids is 1. The maximum Gasteiger partial charge on any atom is 0.256 e. The van der Waals surface area contributed by atoms with Gasteiger partial charge in [0.1, 0.15) is 18.6 Å². The number of rotatable bonds is 3. The number of benzene rings is 1. The Bertz CT molecular complexity index is 838. The van der Waals surface area contributed by atoms with Gasteiger partial charge in [-0.05, 0) is 32.2 Å². The Morgan fingerprint density at radius 3 is 2.96 bits per heavy atom. The SMILES string of the molecule is C=N/C(=N\OCC)c1ncn2c1CN(C)C(=O)c1c(C)cccc1-2. The summed E-state index contributed by atoms with van der Waals surface area (Å²) in [6, 6.07) is 5.77. The lowest BCUT2D eigenvalue weighted by Crippen LogP contribution is -2.26. The van der Waals surface area contributed by atoms with Crippen LogP contribution in [0.25, 0.3) is 5.69 Å². The van der Waals surface area contributed by atoms with Gasteiger partial charge >= 0.3 is 0 Å². The van der Waals surface area contributed by atoms with Gasteiger partial charge < -0.3 is 9.74 Å². The highest BCUT2D eigenvalue weighted by Gasteiger charge is 2.28. The van der Waals surface area contributed by atoms with Crippen LogP contribution >= 0.6 is 0 Å². The van der Waals surface area contributed by atoms with Gasteiger partial charge in [-0.25, -0.2) is 9.98 Å². The molecule has 3 rings (SSSR count). The van der Waals surface area contributed by atoms with E-state index in [2.05, 4.69) is 21.8 Å². The lowest BCUT2D eigenvalue weighted by molar-refractivity contribution is 0.0787. The Kier molecular flexibility index (Phi) is 4.16. The fourth-order valence-electron chi connectivity index (χ4n) is 2.81. The number of aromatic nitrogens is 2. The summed E-state index contributed by atoms with van der Waals surface area (Å²) < 4.78 is 1.91. The molecule has 1 aromatic carbocycles. The second kappa shape index (κ2) is 6.27. The molecule has 0 fully saturated rings. The minimum atomic E-state index is -0.0207. The first kappa shape index (κ1) is 15.9. The molecule has 0 atom stereocenters. The fourth-order valence-corrected chi connectivity index (χ4v) is 2.81. The third-order valence-corrected chi connectivity index (χ3v) is 3.97. The van der Waals surface area contributed by atoms with Crippen LogP contribution in [0.2, 0.25) is 0 Å². The predicted octanol–water partition coefficient (Wildman–Crippen LogP) is 2.17. The molecule has 124 valence electrons. The first-order valence-corrected chi connectivity index (χ1v) is 7.67. The zero-order valence-corrected chi connectivity index (χ0v) is 14.0. The Morgan fingerprint density at radius 2 is 2.25 bits per heavy atom. The van der Waals surface area contributed by atoms with Crippen molar-refractivity contribution in [2.24, 2.45) is 10.1 Å². The Labute approximate surface area is 140 Å². The van der Waals surface area contributed by atoms with Crippen LogP contribution < -0.4 is 0 Å².